The van der Waals surface area contributed by atoms with Gasteiger partial charge in [0.1, 0.15) is 0 Å². The molecule has 0 amide bonds. The lowest BCUT2D eigenvalue weighted by molar-refractivity contribution is 0.331. The molecule has 0 atom stereocenters. The number of benzene rings is 1. The molecule has 3 aromatic rings. The zero-order chi connectivity index (χ0) is 20.0. The van der Waals surface area contributed by atoms with Gasteiger partial charge in [-0.2, -0.15) is 5.10 Å². The van der Waals surface area contributed by atoms with E-state index in [9.17, 15) is 9.59 Å². The Balaban J connectivity index is 1.32. The highest BCUT2D eigenvalue weighted by atomic mass is 16.1. The predicted octanol–water partition coefficient (Wildman–Crippen LogP) is 1.90. The molecule has 1 aromatic carbocycles. The van der Waals surface area contributed by atoms with E-state index in [1.165, 1.54) is 0 Å². The lowest BCUT2D eigenvalue weighted by Gasteiger charge is -2.33. The van der Waals surface area contributed by atoms with Gasteiger partial charge in [-0.3, -0.25) is 14.2 Å². The second-order valence-electron chi connectivity index (χ2n) is 8.21. The Labute approximate surface area is 168 Å². The molecule has 150 valence electrons. The Kier molecular flexibility index (Phi) is 4.45. The SMILES string of the molecule is Cn1c(N2CCC(Cn3nc4c(cc3=O)CCC4)CC2)nc2ccccc2c1=O. The van der Waals surface area contributed by atoms with E-state index < -0.39 is 0 Å². The van der Waals surface area contributed by atoms with E-state index in [0.717, 1.165) is 67.9 Å². The van der Waals surface area contributed by atoms with E-state index in [0.29, 0.717) is 17.8 Å². The molecule has 7 nitrogen and oxygen atoms in total. The summed E-state index contributed by atoms with van der Waals surface area (Å²) in [4.78, 5) is 32.0. The molecule has 0 saturated carbocycles. The number of fused-ring (bicyclic) bond motifs is 2. The lowest BCUT2D eigenvalue weighted by Crippen LogP contribution is -2.40. The van der Waals surface area contributed by atoms with Crippen LogP contribution in [0, 0.1) is 5.92 Å². The second kappa shape index (κ2) is 7.13. The number of nitrogens with zero attached hydrogens (tertiary/aromatic N) is 5. The molecule has 5 rings (SSSR count). The molecule has 0 unspecified atom stereocenters. The molecular formula is C22H25N5O2. The highest BCUT2D eigenvalue weighted by molar-refractivity contribution is 5.78. The van der Waals surface area contributed by atoms with E-state index in [4.69, 9.17) is 4.98 Å². The Morgan fingerprint density at radius 2 is 1.90 bits per heavy atom. The molecule has 0 radical (unpaired) electrons. The van der Waals surface area contributed by atoms with E-state index in [2.05, 4.69) is 10.00 Å². The maximum atomic E-state index is 12.7. The van der Waals surface area contributed by atoms with E-state index in [1.807, 2.05) is 24.3 Å². The molecule has 7 heteroatoms. The summed E-state index contributed by atoms with van der Waals surface area (Å²) in [6.45, 7) is 2.32. The van der Waals surface area contributed by atoms with Crippen molar-refractivity contribution < 1.29 is 0 Å². The van der Waals surface area contributed by atoms with Crippen LogP contribution in [0.1, 0.15) is 30.5 Å². The molecule has 3 heterocycles. The molecule has 1 aliphatic heterocycles. The van der Waals surface area contributed by atoms with Crippen LogP contribution < -0.4 is 16.0 Å². The molecule has 29 heavy (non-hydrogen) atoms. The maximum Gasteiger partial charge on any atom is 0.267 e. The summed E-state index contributed by atoms with van der Waals surface area (Å²) < 4.78 is 3.31. The van der Waals surface area contributed by atoms with Gasteiger partial charge in [-0.05, 0) is 55.7 Å². The van der Waals surface area contributed by atoms with Crippen LogP contribution in [0.5, 0.6) is 0 Å². The minimum atomic E-state index is -0.0124. The third-order valence-corrected chi connectivity index (χ3v) is 6.31. The number of anilines is 1. The fourth-order valence-electron chi connectivity index (χ4n) is 4.62. The third kappa shape index (κ3) is 3.24. The molecule has 0 bridgehead atoms. The minimum absolute atomic E-state index is 0.0124. The van der Waals surface area contributed by atoms with Gasteiger partial charge < -0.3 is 4.90 Å². The monoisotopic (exact) mass is 391 g/mol. The first-order chi connectivity index (χ1) is 14.1. The minimum Gasteiger partial charge on any atom is -0.342 e. The van der Waals surface area contributed by atoms with Crippen LogP contribution in [0.2, 0.25) is 0 Å². The van der Waals surface area contributed by atoms with Crippen molar-refractivity contribution in [2.45, 2.75) is 38.6 Å². The van der Waals surface area contributed by atoms with Crippen molar-refractivity contribution in [1.29, 1.82) is 0 Å². The van der Waals surface area contributed by atoms with Crippen LogP contribution in [-0.2, 0) is 26.4 Å². The number of aromatic nitrogens is 4. The van der Waals surface area contributed by atoms with Gasteiger partial charge in [-0.15, -0.1) is 0 Å². The van der Waals surface area contributed by atoms with Crippen LogP contribution in [0.25, 0.3) is 10.9 Å². The summed E-state index contributed by atoms with van der Waals surface area (Å²) in [5.41, 5.74) is 2.97. The van der Waals surface area contributed by atoms with Crippen molar-refractivity contribution in [2.75, 3.05) is 18.0 Å². The summed E-state index contributed by atoms with van der Waals surface area (Å²) in [7, 11) is 1.79. The van der Waals surface area contributed by atoms with Crippen LogP contribution in [0.15, 0.2) is 39.9 Å². The van der Waals surface area contributed by atoms with Crippen molar-refractivity contribution in [2.24, 2.45) is 13.0 Å². The number of para-hydroxylation sites is 1. The van der Waals surface area contributed by atoms with Crippen molar-refractivity contribution in [3.63, 3.8) is 0 Å². The highest BCUT2D eigenvalue weighted by Crippen LogP contribution is 2.24. The summed E-state index contributed by atoms with van der Waals surface area (Å²) in [5, 5.41) is 5.27. The summed E-state index contributed by atoms with van der Waals surface area (Å²) in [6.07, 6.45) is 4.97. The average molecular weight is 391 g/mol. The number of hydrogen-bond acceptors (Lipinski definition) is 5. The molecule has 1 saturated heterocycles. The zero-order valence-corrected chi connectivity index (χ0v) is 16.7. The Morgan fingerprint density at radius 3 is 2.72 bits per heavy atom. The third-order valence-electron chi connectivity index (χ3n) is 6.31. The number of rotatable bonds is 3. The molecule has 1 fully saturated rings. The number of hydrogen-bond donors (Lipinski definition) is 0. The second-order valence-corrected chi connectivity index (χ2v) is 8.21. The lowest BCUT2D eigenvalue weighted by atomic mass is 9.97. The number of piperidine rings is 1. The van der Waals surface area contributed by atoms with Gasteiger partial charge in [0.25, 0.3) is 11.1 Å². The van der Waals surface area contributed by atoms with Crippen molar-refractivity contribution in [3.05, 3.63) is 62.3 Å². The summed E-state index contributed by atoms with van der Waals surface area (Å²) in [5.74, 6) is 1.13. The van der Waals surface area contributed by atoms with Gasteiger partial charge in [-0.25, -0.2) is 9.67 Å². The molecule has 0 spiro atoms. The van der Waals surface area contributed by atoms with E-state index in [-0.39, 0.29) is 11.1 Å². The van der Waals surface area contributed by atoms with E-state index >= 15 is 0 Å². The van der Waals surface area contributed by atoms with Crippen LogP contribution >= 0.6 is 0 Å². The van der Waals surface area contributed by atoms with Gasteiger partial charge in [0.15, 0.2) is 0 Å². The predicted molar refractivity (Wildman–Crippen MR) is 112 cm³/mol. The quantitative estimate of drug-likeness (QED) is 0.682. The fraction of sp³-hybridized carbons (Fsp3) is 0.455. The molecule has 2 aliphatic rings. The zero-order valence-electron chi connectivity index (χ0n) is 16.7. The smallest absolute Gasteiger partial charge is 0.267 e. The largest absolute Gasteiger partial charge is 0.342 e. The highest BCUT2D eigenvalue weighted by Gasteiger charge is 2.24. The van der Waals surface area contributed by atoms with Gasteiger partial charge in [0, 0.05) is 32.7 Å². The standard InChI is InChI=1S/C22H25N5O2/c1-25-21(29)17-6-2-3-7-19(17)23-22(25)26-11-9-15(10-12-26)14-27-20(28)13-16-5-4-8-18(16)24-27/h2-3,6-7,13,15H,4-5,8-12,14H2,1H3. The Morgan fingerprint density at radius 1 is 1.10 bits per heavy atom. The molecule has 1 aliphatic carbocycles. The van der Waals surface area contributed by atoms with Crippen molar-refractivity contribution >= 4 is 16.9 Å². The van der Waals surface area contributed by atoms with Gasteiger partial charge in [-0.1, -0.05) is 12.1 Å². The fourth-order valence-corrected chi connectivity index (χ4v) is 4.62. The Bertz CT molecular complexity index is 1190. The first-order valence-corrected chi connectivity index (χ1v) is 10.4. The van der Waals surface area contributed by atoms with Crippen molar-refractivity contribution in [3.8, 4) is 0 Å². The van der Waals surface area contributed by atoms with Crippen LogP contribution in [0.4, 0.5) is 5.95 Å². The van der Waals surface area contributed by atoms with Gasteiger partial charge >= 0.3 is 0 Å². The molecule has 0 N–H and O–H groups in total. The maximum absolute atomic E-state index is 12.7. The normalized spacial score (nSPS) is 17.1. The molecular weight excluding hydrogens is 366 g/mol. The average Bonchev–Trinajstić information content (AvgIpc) is 3.19. The first kappa shape index (κ1) is 18.1. The van der Waals surface area contributed by atoms with E-state index in [1.54, 1.807) is 22.4 Å². The van der Waals surface area contributed by atoms with Crippen LogP contribution in [-0.4, -0.2) is 32.4 Å². The van der Waals surface area contributed by atoms with Crippen molar-refractivity contribution in [1.82, 2.24) is 19.3 Å². The van der Waals surface area contributed by atoms with Gasteiger partial charge in [0.05, 0.1) is 16.6 Å². The Hall–Kier alpha value is -2.96. The van der Waals surface area contributed by atoms with Crippen LogP contribution in [0.3, 0.4) is 0 Å². The first-order valence-electron chi connectivity index (χ1n) is 10.4. The molecule has 2 aromatic heterocycles. The summed E-state index contributed by atoms with van der Waals surface area (Å²) >= 11 is 0. The summed E-state index contributed by atoms with van der Waals surface area (Å²) in [6, 6.07) is 9.26. The topological polar surface area (TPSA) is 73.0 Å². The number of aryl methyl sites for hydroxylation is 2. The van der Waals surface area contributed by atoms with Gasteiger partial charge in [0.2, 0.25) is 5.95 Å².